The minimum absolute atomic E-state index is 0.702. The van der Waals surface area contributed by atoms with Gasteiger partial charge in [-0.2, -0.15) is 0 Å². The second-order valence-electron chi connectivity index (χ2n) is 3.64. The SMILES string of the molecule is C#CCNCCN1CCCCCC1. The van der Waals surface area contributed by atoms with E-state index in [2.05, 4.69) is 16.1 Å². The number of rotatable bonds is 4. The van der Waals surface area contributed by atoms with Gasteiger partial charge in [-0.25, -0.2) is 0 Å². The van der Waals surface area contributed by atoms with E-state index in [1.54, 1.807) is 0 Å². The number of hydrogen-bond donors (Lipinski definition) is 1. The minimum atomic E-state index is 0.702. The third-order valence-corrected chi connectivity index (χ3v) is 2.53. The van der Waals surface area contributed by atoms with E-state index in [4.69, 9.17) is 6.42 Å². The molecule has 1 aliphatic heterocycles. The van der Waals surface area contributed by atoms with Crippen molar-refractivity contribution in [2.24, 2.45) is 0 Å². The average Bonchev–Trinajstić information content (AvgIpc) is 2.41. The van der Waals surface area contributed by atoms with Gasteiger partial charge in [0.25, 0.3) is 0 Å². The van der Waals surface area contributed by atoms with Gasteiger partial charge in [-0.3, -0.25) is 0 Å². The molecule has 1 fully saturated rings. The van der Waals surface area contributed by atoms with Crippen molar-refractivity contribution < 1.29 is 0 Å². The van der Waals surface area contributed by atoms with Gasteiger partial charge in [0.05, 0.1) is 6.54 Å². The summed E-state index contributed by atoms with van der Waals surface area (Å²) in [5.41, 5.74) is 0. The molecule has 0 aromatic heterocycles. The standard InChI is InChI=1S/C11H20N2/c1-2-7-12-8-11-13-9-5-3-4-6-10-13/h1,12H,3-11H2. The molecule has 74 valence electrons. The molecule has 0 aromatic rings. The topological polar surface area (TPSA) is 15.3 Å². The highest BCUT2D eigenvalue weighted by molar-refractivity contribution is 4.86. The Morgan fingerprint density at radius 2 is 1.85 bits per heavy atom. The second kappa shape index (κ2) is 6.94. The van der Waals surface area contributed by atoms with E-state index in [0.717, 1.165) is 13.1 Å². The van der Waals surface area contributed by atoms with Crippen LogP contribution in [-0.4, -0.2) is 37.6 Å². The number of likely N-dealkylation sites (tertiary alicyclic amines) is 1. The van der Waals surface area contributed by atoms with E-state index in [-0.39, 0.29) is 0 Å². The van der Waals surface area contributed by atoms with Crippen LogP contribution in [0.15, 0.2) is 0 Å². The first-order valence-corrected chi connectivity index (χ1v) is 5.30. The van der Waals surface area contributed by atoms with Gasteiger partial charge in [0.2, 0.25) is 0 Å². The first-order valence-electron chi connectivity index (χ1n) is 5.30. The summed E-state index contributed by atoms with van der Waals surface area (Å²) < 4.78 is 0. The highest BCUT2D eigenvalue weighted by Crippen LogP contribution is 2.08. The van der Waals surface area contributed by atoms with Gasteiger partial charge < -0.3 is 10.2 Å². The zero-order valence-electron chi connectivity index (χ0n) is 8.39. The fourth-order valence-corrected chi connectivity index (χ4v) is 1.76. The molecule has 1 rings (SSSR count). The Balaban J connectivity index is 2.02. The fraction of sp³-hybridized carbons (Fsp3) is 0.818. The van der Waals surface area contributed by atoms with Crippen molar-refractivity contribution in [3.63, 3.8) is 0 Å². The van der Waals surface area contributed by atoms with Crippen LogP contribution in [0.1, 0.15) is 25.7 Å². The average molecular weight is 180 g/mol. The first kappa shape index (κ1) is 10.6. The number of nitrogens with zero attached hydrogens (tertiary/aromatic N) is 1. The molecule has 0 aromatic carbocycles. The summed E-state index contributed by atoms with van der Waals surface area (Å²) in [5, 5.41) is 3.22. The van der Waals surface area contributed by atoms with Gasteiger partial charge in [-0.15, -0.1) is 6.42 Å². The molecular formula is C11H20N2. The molecule has 0 atom stereocenters. The largest absolute Gasteiger partial charge is 0.305 e. The van der Waals surface area contributed by atoms with Crippen molar-refractivity contribution >= 4 is 0 Å². The van der Waals surface area contributed by atoms with Gasteiger partial charge >= 0.3 is 0 Å². The molecule has 2 nitrogen and oxygen atoms in total. The highest BCUT2D eigenvalue weighted by Gasteiger charge is 2.07. The summed E-state index contributed by atoms with van der Waals surface area (Å²) in [6.45, 7) is 5.44. The molecule has 0 saturated carbocycles. The monoisotopic (exact) mass is 180 g/mol. The maximum atomic E-state index is 5.15. The van der Waals surface area contributed by atoms with Crippen LogP contribution >= 0.6 is 0 Å². The molecule has 0 amide bonds. The quantitative estimate of drug-likeness (QED) is 0.514. The lowest BCUT2D eigenvalue weighted by Crippen LogP contribution is -2.32. The van der Waals surface area contributed by atoms with Crippen LogP contribution in [-0.2, 0) is 0 Å². The predicted octanol–water partition coefficient (Wildman–Crippen LogP) is 1.09. The van der Waals surface area contributed by atoms with Crippen molar-refractivity contribution in [1.82, 2.24) is 10.2 Å². The number of hydrogen-bond acceptors (Lipinski definition) is 2. The summed E-state index contributed by atoms with van der Waals surface area (Å²) in [6, 6.07) is 0. The zero-order valence-corrected chi connectivity index (χ0v) is 8.39. The lowest BCUT2D eigenvalue weighted by atomic mass is 10.2. The van der Waals surface area contributed by atoms with Crippen molar-refractivity contribution in [2.45, 2.75) is 25.7 Å². The lowest BCUT2D eigenvalue weighted by molar-refractivity contribution is 0.286. The summed E-state index contributed by atoms with van der Waals surface area (Å²) >= 11 is 0. The van der Waals surface area contributed by atoms with Crippen LogP contribution in [0, 0.1) is 12.3 Å². The van der Waals surface area contributed by atoms with Crippen LogP contribution in [0.5, 0.6) is 0 Å². The van der Waals surface area contributed by atoms with E-state index >= 15 is 0 Å². The maximum Gasteiger partial charge on any atom is 0.0574 e. The zero-order chi connectivity index (χ0) is 9.36. The van der Waals surface area contributed by atoms with Gasteiger partial charge in [0.15, 0.2) is 0 Å². The van der Waals surface area contributed by atoms with Crippen molar-refractivity contribution in [1.29, 1.82) is 0 Å². The number of terminal acetylenes is 1. The molecule has 0 radical (unpaired) electrons. The highest BCUT2D eigenvalue weighted by atomic mass is 15.1. The Kier molecular flexibility index (Phi) is 5.64. The predicted molar refractivity (Wildman–Crippen MR) is 56.6 cm³/mol. The Bertz CT molecular complexity index is 152. The maximum absolute atomic E-state index is 5.15. The lowest BCUT2D eigenvalue weighted by Gasteiger charge is -2.19. The van der Waals surface area contributed by atoms with Crippen LogP contribution < -0.4 is 5.32 Å². The molecule has 1 aliphatic rings. The smallest absolute Gasteiger partial charge is 0.0574 e. The molecule has 1 heterocycles. The van der Waals surface area contributed by atoms with Crippen molar-refractivity contribution in [2.75, 3.05) is 32.7 Å². The number of nitrogens with one attached hydrogen (secondary N) is 1. The minimum Gasteiger partial charge on any atom is -0.305 e. The fourth-order valence-electron chi connectivity index (χ4n) is 1.76. The normalized spacial score (nSPS) is 19.3. The molecule has 1 N–H and O–H groups in total. The molecule has 0 aliphatic carbocycles. The Hall–Kier alpha value is -0.520. The van der Waals surface area contributed by atoms with E-state index < -0.39 is 0 Å². The Morgan fingerprint density at radius 3 is 2.46 bits per heavy atom. The van der Waals surface area contributed by atoms with E-state index in [9.17, 15) is 0 Å². The molecular weight excluding hydrogens is 160 g/mol. The van der Waals surface area contributed by atoms with Crippen LogP contribution in [0.2, 0.25) is 0 Å². The molecule has 1 saturated heterocycles. The third-order valence-electron chi connectivity index (χ3n) is 2.53. The van der Waals surface area contributed by atoms with Crippen LogP contribution in [0.3, 0.4) is 0 Å². The van der Waals surface area contributed by atoms with Crippen molar-refractivity contribution in [3.8, 4) is 12.3 Å². The molecule has 13 heavy (non-hydrogen) atoms. The molecule has 0 bridgehead atoms. The van der Waals surface area contributed by atoms with Crippen molar-refractivity contribution in [3.05, 3.63) is 0 Å². The molecule has 0 unspecified atom stereocenters. The Labute approximate surface area is 81.7 Å². The summed E-state index contributed by atoms with van der Waals surface area (Å²) in [5.74, 6) is 2.59. The van der Waals surface area contributed by atoms with E-state index in [1.807, 2.05) is 0 Å². The third kappa shape index (κ3) is 4.92. The second-order valence-corrected chi connectivity index (χ2v) is 3.64. The van der Waals surface area contributed by atoms with Gasteiger partial charge in [0, 0.05) is 13.1 Å². The van der Waals surface area contributed by atoms with E-state index in [0.29, 0.717) is 6.54 Å². The Morgan fingerprint density at radius 1 is 1.15 bits per heavy atom. The first-order chi connectivity index (χ1) is 6.43. The summed E-state index contributed by atoms with van der Waals surface area (Å²) in [4.78, 5) is 2.54. The van der Waals surface area contributed by atoms with Gasteiger partial charge in [-0.05, 0) is 25.9 Å². The molecule has 0 spiro atoms. The summed E-state index contributed by atoms with van der Waals surface area (Å²) in [7, 11) is 0. The van der Waals surface area contributed by atoms with Gasteiger partial charge in [0.1, 0.15) is 0 Å². The van der Waals surface area contributed by atoms with Gasteiger partial charge in [-0.1, -0.05) is 18.8 Å². The molecule has 2 heteroatoms. The van der Waals surface area contributed by atoms with Crippen LogP contribution in [0.25, 0.3) is 0 Å². The van der Waals surface area contributed by atoms with Crippen LogP contribution in [0.4, 0.5) is 0 Å². The summed E-state index contributed by atoms with van der Waals surface area (Å²) in [6.07, 6.45) is 10.7. The van der Waals surface area contributed by atoms with E-state index in [1.165, 1.54) is 38.8 Å².